The average Bonchev–Trinajstić information content (AvgIpc) is 3.36. The maximum Gasteiger partial charge on any atom is 0.326 e. The summed E-state index contributed by atoms with van der Waals surface area (Å²) in [5.41, 5.74) is 13.1. The maximum atomic E-state index is 14.4. The van der Waals surface area contributed by atoms with Gasteiger partial charge in [-0.25, -0.2) is 9.59 Å². The molecule has 22 heteroatoms. The third-order valence-corrected chi connectivity index (χ3v) is 12.4. The maximum absolute atomic E-state index is 14.4. The molecule has 0 bridgehead atoms. The molecule has 0 radical (unpaired) electrons. The quantitative estimate of drug-likeness (QED) is 0.0368. The molecule has 0 aliphatic carbocycles. The first-order chi connectivity index (χ1) is 35.0. The number of methoxy groups -OCH3 is 1. The zero-order chi connectivity index (χ0) is 55.1. The van der Waals surface area contributed by atoms with Crippen LogP contribution < -0.4 is 43.4 Å². The summed E-state index contributed by atoms with van der Waals surface area (Å²) in [6.07, 6.45) is 3.91. The molecule has 1 saturated heterocycles. The smallest absolute Gasteiger partial charge is 0.326 e. The second-order valence-corrected chi connectivity index (χ2v) is 18.2. The van der Waals surface area contributed by atoms with E-state index in [1.165, 1.54) is 27.0 Å². The Morgan fingerprint density at radius 2 is 1.39 bits per heavy atom. The Bertz CT molecular complexity index is 2390. The molecule has 1 aliphatic heterocycles. The first kappa shape index (κ1) is 60.4. The number of rotatable bonds is 16. The molecule has 0 aromatic heterocycles. The SMILES string of the molecule is C=C1C(=O)NC(C)C(=O)NC(CCc2ccccc2)C(=O)NC(C(=O)O)CC(=O)NC(CCCN=C(N)N)C(=O)NC(C=CC(C)=CC(C)C(Cc2ccccc2)OC)C(C)C(=O)NC(C(=O)O)CCC(=O)N1C. The number of aryl methyl sites for hydroxylation is 1. The summed E-state index contributed by atoms with van der Waals surface area (Å²) in [6.45, 7) is 10.2. The Labute approximate surface area is 431 Å². The number of carbonyl (C=O) groups is 9. The van der Waals surface area contributed by atoms with Crippen LogP contribution in [0.15, 0.2) is 102 Å². The average molecular weight is 1030 g/mol. The molecule has 9 atom stereocenters. The van der Waals surface area contributed by atoms with Crippen LogP contribution in [0.2, 0.25) is 0 Å². The number of carbonyl (C=O) groups excluding carboxylic acids is 7. The number of aliphatic carboxylic acids is 2. The van der Waals surface area contributed by atoms with Crippen molar-refractivity contribution in [3.05, 3.63) is 108 Å². The van der Waals surface area contributed by atoms with Crippen LogP contribution in [0.3, 0.4) is 0 Å². The zero-order valence-electron chi connectivity index (χ0n) is 42.8. The van der Waals surface area contributed by atoms with Crippen molar-refractivity contribution in [1.29, 1.82) is 0 Å². The number of guanidine groups is 1. The summed E-state index contributed by atoms with van der Waals surface area (Å²) in [5.74, 6) is -10.9. The van der Waals surface area contributed by atoms with Gasteiger partial charge in [0.05, 0.1) is 24.5 Å². The molecule has 402 valence electrons. The molecule has 1 fully saturated rings. The topological polar surface area (TPSA) is 343 Å². The lowest BCUT2D eigenvalue weighted by Gasteiger charge is -2.27. The van der Waals surface area contributed by atoms with E-state index in [2.05, 4.69) is 43.5 Å². The van der Waals surface area contributed by atoms with Gasteiger partial charge in [-0.1, -0.05) is 105 Å². The number of likely N-dealkylation sites (N-methyl/N-ethyl adjacent to an activating group) is 1. The standard InChI is InChI=1S/C52H72N10O12/c1-30(27-31(2)42(74-7)28-36-17-12-9-13-18-36)20-22-37-32(3)45(65)60-40(50(70)71)24-25-44(64)62(6)34(5)47(67)56-33(4)46(66)59-39(23-21-35-15-10-8-11-16-35)49(69)61-41(51(72)73)29-43(63)57-38(48(68)58-37)19-14-26-55-52(53)54/h8-13,15-18,20,22,27,31-33,37-42H,5,14,19,21,23-26,28-29H2,1-4,6-7H3,(H,56,67)(H,57,63)(H,58,68)(H,59,66)(H,60,65)(H,61,69)(H,70,71)(H,72,73)(H4,53,54,55). The monoisotopic (exact) mass is 1030 g/mol. The first-order valence-electron chi connectivity index (χ1n) is 24.3. The third-order valence-electron chi connectivity index (χ3n) is 12.4. The van der Waals surface area contributed by atoms with Gasteiger partial charge in [-0.2, -0.15) is 0 Å². The number of carboxylic acid groups (broad SMARTS) is 2. The van der Waals surface area contributed by atoms with Gasteiger partial charge in [0, 0.05) is 33.0 Å². The normalized spacial score (nSPS) is 23.6. The Hall–Kier alpha value is -7.88. The van der Waals surface area contributed by atoms with Crippen LogP contribution in [-0.2, 0) is 60.7 Å². The van der Waals surface area contributed by atoms with Crippen molar-refractivity contribution < 1.29 is 58.1 Å². The number of nitrogens with zero attached hydrogens (tertiary/aromatic N) is 2. The molecule has 2 aromatic rings. The lowest BCUT2D eigenvalue weighted by Crippen LogP contribution is -2.56. The Morgan fingerprint density at radius 1 is 0.811 bits per heavy atom. The van der Waals surface area contributed by atoms with Crippen molar-refractivity contribution in [2.24, 2.45) is 28.3 Å². The summed E-state index contributed by atoms with van der Waals surface area (Å²) < 4.78 is 5.82. The number of benzene rings is 2. The van der Waals surface area contributed by atoms with Gasteiger partial charge in [0.25, 0.3) is 5.91 Å². The number of hydrogen-bond donors (Lipinski definition) is 10. The molecule has 2 aromatic carbocycles. The molecule has 1 heterocycles. The molecule has 1 aliphatic rings. The highest BCUT2D eigenvalue weighted by Crippen LogP contribution is 2.19. The van der Waals surface area contributed by atoms with Gasteiger partial charge in [0.2, 0.25) is 35.4 Å². The Kier molecular flexibility index (Phi) is 24.7. The highest BCUT2D eigenvalue weighted by Gasteiger charge is 2.34. The van der Waals surface area contributed by atoms with Gasteiger partial charge in [-0.05, 0) is 63.5 Å². The largest absolute Gasteiger partial charge is 0.480 e. The molecule has 22 nitrogen and oxygen atoms in total. The highest BCUT2D eigenvalue weighted by atomic mass is 16.5. The minimum Gasteiger partial charge on any atom is -0.480 e. The van der Waals surface area contributed by atoms with Gasteiger partial charge < -0.3 is 63.2 Å². The number of carboxylic acids is 2. The zero-order valence-corrected chi connectivity index (χ0v) is 42.8. The van der Waals surface area contributed by atoms with Crippen LogP contribution in [0.25, 0.3) is 0 Å². The van der Waals surface area contributed by atoms with E-state index in [1.807, 2.05) is 43.3 Å². The molecule has 0 saturated carbocycles. The lowest BCUT2D eigenvalue weighted by atomic mass is 9.94. The van der Waals surface area contributed by atoms with Crippen molar-refractivity contribution in [3.63, 3.8) is 0 Å². The van der Waals surface area contributed by atoms with E-state index in [-0.39, 0.29) is 50.2 Å². The molecular weight excluding hydrogens is 957 g/mol. The Balaban J connectivity index is 2.09. The van der Waals surface area contributed by atoms with Crippen molar-refractivity contribution in [3.8, 4) is 0 Å². The van der Waals surface area contributed by atoms with Crippen molar-refractivity contribution in [2.75, 3.05) is 20.7 Å². The van der Waals surface area contributed by atoms with E-state index in [9.17, 15) is 53.4 Å². The second kappa shape index (κ2) is 30.2. The molecule has 9 unspecified atom stereocenters. The highest BCUT2D eigenvalue weighted by molar-refractivity contribution is 6.00. The van der Waals surface area contributed by atoms with Gasteiger partial charge in [0.1, 0.15) is 35.9 Å². The molecule has 7 amide bonds. The van der Waals surface area contributed by atoms with E-state index >= 15 is 0 Å². The fourth-order valence-electron chi connectivity index (χ4n) is 7.78. The summed E-state index contributed by atoms with van der Waals surface area (Å²) in [6, 6.07) is 9.80. The Morgan fingerprint density at radius 3 is 1.99 bits per heavy atom. The van der Waals surface area contributed by atoms with E-state index in [1.54, 1.807) is 50.4 Å². The number of nitrogens with two attached hydrogens (primary N) is 2. The van der Waals surface area contributed by atoms with Gasteiger partial charge in [-0.15, -0.1) is 0 Å². The van der Waals surface area contributed by atoms with Crippen molar-refractivity contribution >= 4 is 59.2 Å². The fraction of sp³-hybridized carbons (Fsp3) is 0.462. The van der Waals surface area contributed by atoms with Gasteiger partial charge in [-0.3, -0.25) is 38.6 Å². The van der Waals surface area contributed by atoms with Gasteiger partial charge >= 0.3 is 11.9 Å². The van der Waals surface area contributed by atoms with Crippen molar-refractivity contribution in [2.45, 2.75) is 121 Å². The van der Waals surface area contributed by atoms with E-state index in [0.717, 1.165) is 16.0 Å². The predicted octanol–water partition coefficient (Wildman–Crippen LogP) is 0.959. The summed E-state index contributed by atoms with van der Waals surface area (Å²) in [7, 11) is 2.82. The third kappa shape index (κ3) is 20.3. The van der Waals surface area contributed by atoms with Crippen LogP contribution in [0, 0.1) is 11.8 Å². The minimum atomic E-state index is -1.88. The first-order valence-corrected chi connectivity index (χ1v) is 24.3. The van der Waals surface area contributed by atoms with Crippen LogP contribution in [0.5, 0.6) is 0 Å². The van der Waals surface area contributed by atoms with Crippen LogP contribution >= 0.6 is 0 Å². The number of hydrogen-bond acceptors (Lipinski definition) is 11. The van der Waals surface area contributed by atoms with Crippen LogP contribution in [0.4, 0.5) is 0 Å². The number of amides is 7. The van der Waals surface area contributed by atoms with E-state index < -0.39 is 120 Å². The van der Waals surface area contributed by atoms with Crippen molar-refractivity contribution in [1.82, 2.24) is 36.8 Å². The molecule has 74 heavy (non-hydrogen) atoms. The lowest BCUT2D eigenvalue weighted by molar-refractivity contribution is -0.144. The van der Waals surface area contributed by atoms with E-state index in [4.69, 9.17) is 16.2 Å². The minimum absolute atomic E-state index is 0.0220. The molecule has 0 spiro atoms. The van der Waals surface area contributed by atoms with Gasteiger partial charge in [0.15, 0.2) is 5.96 Å². The predicted molar refractivity (Wildman–Crippen MR) is 275 cm³/mol. The molecular formula is C52H72N10O12. The summed E-state index contributed by atoms with van der Waals surface area (Å²) in [5, 5.41) is 35.5. The van der Waals surface area contributed by atoms with Crippen LogP contribution in [-0.4, -0.2) is 137 Å². The molecule has 3 rings (SSSR count). The number of ether oxygens (including phenoxy) is 1. The summed E-state index contributed by atoms with van der Waals surface area (Å²) in [4.78, 5) is 126. The summed E-state index contributed by atoms with van der Waals surface area (Å²) >= 11 is 0. The van der Waals surface area contributed by atoms with E-state index in [0.29, 0.717) is 12.0 Å². The fourth-order valence-corrected chi connectivity index (χ4v) is 7.78. The number of nitrogens with one attached hydrogen (secondary N) is 6. The van der Waals surface area contributed by atoms with Crippen LogP contribution in [0.1, 0.15) is 77.3 Å². The second-order valence-electron chi connectivity index (χ2n) is 18.2. The number of aliphatic imine (C=N–C) groups is 1. The molecule has 12 N–H and O–H groups in total. The number of allylic oxidation sites excluding steroid dienone is 2.